The van der Waals surface area contributed by atoms with E-state index < -0.39 is 6.10 Å². The number of fused-ring (bicyclic) bond motifs is 2. The molecule has 1 heterocycles. The first-order valence-corrected chi connectivity index (χ1v) is 5.55. The van der Waals surface area contributed by atoms with Crippen LogP contribution in [0.1, 0.15) is 29.4 Å². The molecule has 4 heteroatoms. The molecule has 0 saturated carbocycles. The first-order chi connectivity index (χ1) is 8.08. The molecule has 88 valence electrons. The first-order valence-electron chi connectivity index (χ1n) is 5.55. The van der Waals surface area contributed by atoms with Crippen LogP contribution in [0.3, 0.4) is 0 Å². The molecule has 0 bridgehead atoms. The summed E-state index contributed by atoms with van der Waals surface area (Å²) in [5.74, 6) is 0.454. The van der Waals surface area contributed by atoms with Crippen LogP contribution in [0.2, 0.25) is 0 Å². The third-order valence-corrected chi connectivity index (χ3v) is 3.21. The number of rotatable bonds is 0. The molecule has 0 saturated heterocycles. The van der Waals surface area contributed by atoms with Gasteiger partial charge in [0, 0.05) is 6.42 Å². The van der Waals surface area contributed by atoms with Crippen molar-refractivity contribution >= 4 is 11.0 Å². The quantitative estimate of drug-likeness (QED) is 0.726. The van der Waals surface area contributed by atoms with Crippen LogP contribution in [-0.4, -0.2) is 10.2 Å². The van der Waals surface area contributed by atoms with Crippen LogP contribution in [-0.2, 0) is 6.42 Å². The molecule has 1 aromatic carbocycles. The van der Waals surface area contributed by atoms with Gasteiger partial charge in [0.25, 0.3) is 0 Å². The van der Waals surface area contributed by atoms with Gasteiger partial charge in [-0.1, -0.05) is 0 Å². The SMILES string of the molecule is Cc1cc(O)c2c(=O)c3c(oc2c1)CCC3O. The van der Waals surface area contributed by atoms with E-state index in [2.05, 4.69) is 0 Å². The highest BCUT2D eigenvalue weighted by Crippen LogP contribution is 2.33. The molecule has 2 N–H and O–H groups in total. The van der Waals surface area contributed by atoms with E-state index in [0.29, 0.717) is 29.7 Å². The van der Waals surface area contributed by atoms with Crippen LogP contribution in [0.4, 0.5) is 0 Å². The van der Waals surface area contributed by atoms with Crippen molar-refractivity contribution in [3.8, 4) is 5.75 Å². The highest BCUT2D eigenvalue weighted by atomic mass is 16.3. The molecular formula is C13H12O4. The molecule has 1 aliphatic rings. The molecule has 17 heavy (non-hydrogen) atoms. The zero-order valence-corrected chi connectivity index (χ0v) is 9.36. The third-order valence-electron chi connectivity index (χ3n) is 3.21. The first kappa shape index (κ1) is 10.4. The van der Waals surface area contributed by atoms with Gasteiger partial charge in [0.05, 0.1) is 11.7 Å². The maximum absolute atomic E-state index is 12.2. The summed E-state index contributed by atoms with van der Waals surface area (Å²) in [5, 5.41) is 19.7. The lowest BCUT2D eigenvalue weighted by Crippen LogP contribution is -2.11. The summed E-state index contributed by atoms with van der Waals surface area (Å²) in [6.07, 6.45) is 0.298. The summed E-state index contributed by atoms with van der Waals surface area (Å²) in [5.41, 5.74) is 1.21. The second kappa shape index (κ2) is 3.34. The molecular weight excluding hydrogens is 220 g/mol. The molecule has 3 rings (SSSR count). The summed E-state index contributed by atoms with van der Waals surface area (Å²) in [6, 6.07) is 3.24. The lowest BCUT2D eigenvalue weighted by atomic mass is 10.1. The number of phenols is 1. The maximum atomic E-state index is 12.2. The number of hydrogen-bond acceptors (Lipinski definition) is 4. The van der Waals surface area contributed by atoms with Crippen LogP contribution in [0.15, 0.2) is 21.3 Å². The highest BCUT2D eigenvalue weighted by molar-refractivity contribution is 5.84. The summed E-state index contributed by atoms with van der Waals surface area (Å²) in [6.45, 7) is 1.82. The fourth-order valence-corrected chi connectivity index (χ4v) is 2.43. The standard InChI is InChI=1S/C13H12O4/c1-6-4-8(15)12-10(5-6)17-9-3-2-7(14)11(9)13(12)16/h4-5,7,14-15H,2-3H2,1H3. The molecule has 1 aromatic heterocycles. The van der Waals surface area contributed by atoms with Crippen molar-refractivity contribution in [1.82, 2.24) is 0 Å². The van der Waals surface area contributed by atoms with E-state index in [1.807, 2.05) is 6.92 Å². The maximum Gasteiger partial charge on any atom is 0.202 e. The van der Waals surface area contributed by atoms with E-state index >= 15 is 0 Å². The minimum Gasteiger partial charge on any atom is -0.507 e. The summed E-state index contributed by atoms with van der Waals surface area (Å²) < 4.78 is 5.60. The number of hydrogen-bond donors (Lipinski definition) is 2. The number of benzene rings is 1. The van der Waals surface area contributed by atoms with Crippen LogP contribution < -0.4 is 5.43 Å². The van der Waals surface area contributed by atoms with Gasteiger partial charge in [-0.15, -0.1) is 0 Å². The van der Waals surface area contributed by atoms with Gasteiger partial charge in [-0.3, -0.25) is 4.79 Å². The van der Waals surface area contributed by atoms with Crippen molar-refractivity contribution in [3.63, 3.8) is 0 Å². The zero-order valence-electron chi connectivity index (χ0n) is 9.36. The van der Waals surface area contributed by atoms with Gasteiger partial charge in [-0.05, 0) is 31.0 Å². The average molecular weight is 232 g/mol. The van der Waals surface area contributed by atoms with Crippen LogP contribution >= 0.6 is 0 Å². The lowest BCUT2D eigenvalue weighted by Gasteiger charge is -2.06. The zero-order chi connectivity index (χ0) is 12.2. The normalized spacial score (nSPS) is 18.6. The largest absolute Gasteiger partial charge is 0.507 e. The molecule has 1 unspecified atom stereocenters. The fraction of sp³-hybridized carbons (Fsp3) is 0.308. The van der Waals surface area contributed by atoms with E-state index in [4.69, 9.17) is 4.42 Å². The molecule has 0 amide bonds. The second-order valence-electron chi connectivity index (χ2n) is 4.48. The fourth-order valence-electron chi connectivity index (χ4n) is 2.43. The molecule has 2 aromatic rings. The Morgan fingerprint density at radius 2 is 2.18 bits per heavy atom. The number of aliphatic hydroxyl groups is 1. The van der Waals surface area contributed by atoms with E-state index in [0.717, 1.165) is 5.56 Å². The molecule has 0 fully saturated rings. The second-order valence-corrected chi connectivity index (χ2v) is 4.48. The number of aromatic hydroxyl groups is 1. The Morgan fingerprint density at radius 1 is 1.41 bits per heavy atom. The van der Waals surface area contributed by atoms with E-state index in [-0.39, 0.29) is 16.6 Å². The van der Waals surface area contributed by atoms with Gasteiger partial charge in [-0.25, -0.2) is 0 Å². The monoisotopic (exact) mass is 232 g/mol. The Kier molecular flexibility index (Phi) is 2.03. The minimum absolute atomic E-state index is 0.0874. The number of phenolic OH excluding ortho intramolecular Hbond substituents is 1. The van der Waals surface area contributed by atoms with E-state index in [9.17, 15) is 15.0 Å². The predicted octanol–water partition coefficient (Wildman–Crippen LogP) is 1.79. The molecule has 4 nitrogen and oxygen atoms in total. The van der Waals surface area contributed by atoms with Crippen molar-refractivity contribution in [3.05, 3.63) is 39.2 Å². The van der Waals surface area contributed by atoms with Crippen molar-refractivity contribution in [2.75, 3.05) is 0 Å². The average Bonchev–Trinajstić information content (AvgIpc) is 2.59. The Morgan fingerprint density at radius 3 is 2.94 bits per heavy atom. The molecule has 0 radical (unpaired) electrons. The van der Waals surface area contributed by atoms with Crippen molar-refractivity contribution < 1.29 is 14.6 Å². The summed E-state index contributed by atoms with van der Waals surface area (Å²) in [4.78, 5) is 12.2. The van der Waals surface area contributed by atoms with Crippen LogP contribution in [0.25, 0.3) is 11.0 Å². The number of aliphatic hydroxyl groups excluding tert-OH is 1. The Balaban J connectivity index is 2.49. The molecule has 0 aliphatic heterocycles. The van der Waals surface area contributed by atoms with E-state index in [1.165, 1.54) is 6.07 Å². The van der Waals surface area contributed by atoms with Crippen molar-refractivity contribution in [2.45, 2.75) is 25.9 Å². The van der Waals surface area contributed by atoms with Crippen LogP contribution in [0, 0.1) is 6.92 Å². The van der Waals surface area contributed by atoms with Crippen LogP contribution in [0.5, 0.6) is 5.75 Å². The van der Waals surface area contributed by atoms with Gasteiger partial charge < -0.3 is 14.6 Å². The number of aryl methyl sites for hydroxylation is 2. The van der Waals surface area contributed by atoms with Gasteiger partial charge >= 0.3 is 0 Å². The van der Waals surface area contributed by atoms with Gasteiger partial charge in [0.2, 0.25) is 5.43 Å². The van der Waals surface area contributed by atoms with Gasteiger partial charge in [0.1, 0.15) is 22.5 Å². The highest BCUT2D eigenvalue weighted by Gasteiger charge is 2.28. The Bertz CT molecular complexity index is 669. The Labute approximate surface area is 97.1 Å². The van der Waals surface area contributed by atoms with Crippen molar-refractivity contribution in [1.29, 1.82) is 0 Å². The molecule has 1 atom stereocenters. The Hall–Kier alpha value is -1.81. The predicted molar refractivity (Wildman–Crippen MR) is 62.2 cm³/mol. The molecule has 0 spiro atoms. The van der Waals surface area contributed by atoms with E-state index in [1.54, 1.807) is 6.07 Å². The topological polar surface area (TPSA) is 70.7 Å². The third kappa shape index (κ3) is 1.37. The van der Waals surface area contributed by atoms with Gasteiger partial charge in [0.15, 0.2) is 0 Å². The van der Waals surface area contributed by atoms with Gasteiger partial charge in [-0.2, -0.15) is 0 Å². The summed E-state index contributed by atoms with van der Waals surface area (Å²) in [7, 11) is 0. The summed E-state index contributed by atoms with van der Waals surface area (Å²) >= 11 is 0. The van der Waals surface area contributed by atoms with Crippen molar-refractivity contribution in [2.24, 2.45) is 0 Å². The lowest BCUT2D eigenvalue weighted by molar-refractivity contribution is 0.179. The minimum atomic E-state index is -0.772. The molecule has 1 aliphatic carbocycles. The smallest absolute Gasteiger partial charge is 0.202 e.